The van der Waals surface area contributed by atoms with Crippen molar-refractivity contribution in [1.29, 1.82) is 0 Å². The lowest BCUT2D eigenvalue weighted by molar-refractivity contribution is -0.137. The van der Waals surface area contributed by atoms with Crippen molar-refractivity contribution >= 4 is 11.8 Å². The number of aliphatic carboxylic acids is 1. The highest BCUT2D eigenvalue weighted by Gasteiger charge is 2.39. The Morgan fingerprint density at radius 3 is 2.72 bits per heavy atom. The minimum Gasteiger partial charge on any atom is -0.481 e. The van der Waals surface area contributed by atoms with Gasteiger partial charge in [0.05, 0.1) is 12.2 Å². The highest BCUT2D eigenvalue weighted by atomic mass is 16.4. The molecule has 4 atom stereocenters. The predicted molar refractivity (Wildman–Crippen MR) is 97.1 cm³/mol. The average Bonchev–Trinajstić information content (AvgIpc) is 2.81. The van der Waals surface area contributed by atoms with E-state index in [1.807, 2.05) is 6.08 Å². The lowest BCUT2D eigenvalue weighted by Crippen LogP contribution is -2.18. The smallest absolute Gasteiger partial charge is 0.303 e. The zero-order valence-corrected chi connectivity index (χ0v) is 15.1. The van der Waals surface area contributed by atoms with Crippen LogP contribution in [0.2, 0.25) is 0 Å². The fourth-order valence-electron chi connectivity index (χ4n) is 3.22. The van der Waals surface area contributed by atoms with Crippen molar-refractivity contribution in [3.63, 3.8) is 0 Å². The third kappa shape index (κ3) is 8.45. The summed E-state index contributed by atoms with van der Waals surface area (Å²) in [4.78, 5) is 22.6. The Kier molecular flexibility index (Phi) is 10.3. The van der Waals surface area contributed by atoms with E-state index in [-0.39, 0.29) is 30.5 Å². The number of unbranched alkanes of at least 4 members (excludes halogenated alkanes) is 3. The van der Waals surface area contributed by atoms with Gasteiger partial charge in [-0.05, 0) is 32.1 Å². The number of hydrogen-bond acceptors (Lipinski definition) is 4. The summed E-state index contributed by atoms with van der Waals surface area (Å²) >= 11 is 0. The van der Waals surface area contributed by atoms with E-state index in [1.54, 1.807) is 12.2 Å². The molecule has 1 rings (SSSR count). The van der Waals surface area contributed by atoms with Gasteiger partial charge >= 0.3 is 5.97 Å². The molecule has 142 valence electrons. The number of carboxylic acids is 1. The van der Waals surface area contributed by atoms with Crippen LogP contribution < -0.4 is 0 Å². The number of rotatable bonds is 12. The van der Waals surface area contributed by atoms with Gasteiger partial charge in [0.25, 0.3) is 0 Å². The molecule has 25 heavy (non-hydrogen) atoms. The number of carbonyl (C=O) groups is 2. The standard InChI is InChI=1S/C20H32O5/c1-2-3-4-5-6-7-10-16-17(19(23)14-18(16)22)13-12-15(21)9-8-11-20(24)25/h6-7,12-13,15-17,19,21,23H,2-5,8-11,14H2,1H3,(H,24,25)/b7-6-,13-12+/t15-,16+,17-,19-/m1/s1. The zero-order chi connectivity index (χ0) is 18.7. The predicted octanol–water partition coefficient (Wildman–Crippen LogP) is 3.25. The number of Topliss-reactive ketones (excluding diaryl/α,β-unsaturated/α-hetero) is 1. The van der Waals surface area contributed by atoms with Gasteiger partial charge in [-0.3, -0.25) is 9.59 Å². The number of carboxylic acid groups (broad SMARTS) is 1. The molecule has 1 fully saturated rings. The first kappa shape index (κ1) is 21.6. The van der Waals surface area contributed by atoms with Gasteiger partial charge in [-0.1, -0.05) is 44.1 Å². The molecule has 0 aliphatic heterocycles. The van der Waals surface area contributed by atoms with E-state index in [0.717, 1.165) is 12.8 Å². The third-order valence-electron chi connectivity index (χ3n) is 4.71. The summed E-state index contributed by atoms with van der Waals surface area (Å²) in [5.74, 6) is -1.32. The highest BCUT2D eigenvalue weighted by Crippen LogP contribution is 2.33. The lowest BCUT2D eigenvalue weighted by atomic mass is 9.90. The lowest BCUT2D eigenvalue weighted by Gasteiger charge is -2.16. The highest BCUT2D eigenvalue weighted by molar-refractivity contribution is 5.84. The Balaban J connectivity index is 2.49. The summed E-state index contributed by atoms with van der Waals surface area (Å²) in [7, 11) is 0. The van der Waals surface area contributed by atoms with Crippen molar-refractivity contribution in [3.05, 3.63) is 24.3 Å². The molecule has 5 nitrogen and oxygen atoms in total. The van der Waals surface area contributed by atoms with Crippen LogP contribution in [0.4, 0.5) is 0 Å². The summed E-state index contributed by atoms with van der Waals surface area (Å²) in [5.41, 5.74) is 0. The Morgan fingerprint density at radius 1 is 1.28 bits per heavy atom. The van der Waals surface area contributed by atoms with Crippen molar-refractivity contribution < 1.29 is 24.9 Å². The molecule has 0 bridgehead atoms. The van der Waals surface area contributed by atoms with Crippen LogP contribution in [0, 0.1) is 11.8 Å². The van der Waals surface area contributed by atoms with Gasteiger partial charge in [0.1, 0.15) is 5.78 Å². The van der Waals surface area contributed by atoms with E-state index >= 15 is 0 Å². The van der Waals surface area contributed by atoms with Crippen LogP contribution in [0.15, 0.2) is 24.3 Å². The quantitative estimate of drug-likeness (QED) is 0.370. The largest absolute Gasteiger partial charge is 0.481 e. The summed E-state index contributed by atoms with van der Waals surface area (Å²) in [6.45, 7) is 2.16. The number of aliphatic hydroxyl groups is 2. The van der Waals surface area contributed by atoms with Crippen LogP contribution in [0.5, 0.6) is 0 Å². The van der Waals surface area contributed by atoms with Crippen LogP contribution >= 0.6 is 0 Å². The monoisotopic (exact) mass is 352 g/mol. The van der Waals surface area contributed by atoms with Gasteiger partial charge in [-0.15, -0.1) is 0 Å². The SMILES string of the molecule is CCCCC/C=C\C[C@@H]1C(=O)C[C@@H](O)[C@@H]1/C=C/[C@H](O)CCCC(=O)O. The molecule has 1 saturated carbocycles. The first-order valence-electron chi connectivity index (χ1n) is 9.39. The zero-order valence-electron chi connectivity index (χ0n) is 15.1. The second-order valence-corrected chi connectivity index (χ2v) is 6.86. The van der Waals surface area contributed by atoms with Crippen LogP contribution in [-0.4, -0.2) is 39.3 Å². The maximum atomic E-state index is 12.1. The van der Waals surface area contributed by atoms with Crippen molar-refractivity contribution in [3.8, 4) is 0 Å². The maximum Gasteiger partial charge on any atom is 0.303 e. The Morgan fingerprint density at radius 2 is 2.04 bits per heavy atom. The molecule has 0 saturated heterocycles. The molecule has 1 aliphatic rings. The Bertz CT molecular complexity index is 469. The molecule has 0 amide bonds. The molecular weight excluding hydrogens is 320 g/mol. The molecule has 0 aromatic heterocycles. The summed E-state index contributed by atoms with van der Waals surface area (Å²) in [5, 5.41) is 28.6. The molecule has 0 aromatic rings. The van der Waals surface area contributed by atoms with Gasteiger partial charge in [-0.25, -0.2) is 0 Å². The minimum atomic E-state index is -0.876. The molecule has 5 heteroatoms. The van der Waals surface area contributed by atoms with E-state index in [9.17, 15) is 19.8 Å². The average molecular weight is 352 g/mol. The minimum absolute atomic E-state index is 0.0287. The van der Waals surface area contributed by atoms with E-state index in [1.165, 1.54) is 12.8 Å². The first-order chi connectivity index (χ1) is 12.0. The topological polar surface area (TPSA) is 94.8 Å². The molecule has 0 unspecified atom stereocenters. The molecule has 0 radical (unpaired) electrons. The molecule has 0 spiro atoms. The van der Waals surface area contributed by atoms with E-state index < -0.39 is 18.2 Å². The van der Waals surface area contributed by atoms with Gasteiger partial charge in [-0.2, -0.15) is 0 Å². The second kappa shape index (κ2) is 12.0. The van der Waals surface area contributed by atoms with E-state index in [0.29, 0.717) is 19.3 Å². The van der Waals surface area contributed by atoms with Crippen molar-refractivity contribution in [2.24, 2.45) is 11.8 Å². The van der Waals surface area contributed by atoms with Crippen LogP contribution in [0.25, 0.3) is 0 Å². The van der Waals surface area contributed by atoms with Crippen LogP contribution in [-0.2, 0) is 9.59 Å². The summed E-state index contributed by atoms with van der Waals surface area (Å²) < 4.78 is 0. The Hall–Kier alpha value is -1.46. The van der Waals surface area contributed by atoms with Gasteiger partial charge in [0, 0.05) is 24.7 Å². The van der Waals surface area contributed by atoms with Gasteiger partial charge < -0.3 is 15.3 Å². The number of aliphatic hydroxyl groups excluding tert-OH is 2. The van der Waals surface area contributed by atoms with Gasteiger partial charge in [0.15, 0.2) is 0 Å². The third-order valence-corrected chi connectivity index (χ3v) is 4.71. The molecule has 0 aromatic carbocycles. The Labute approximate surface area is 150 Å². The van der Waals surface area contributed by atoms with E-state index in [2.05, 4.69) is 13.0 Å². The van der Waals surface area contributed by atoms with Crippen LogP contribution in [0.1, 0.15) is 64.7 Å². The van der Waals surface area contributed by atoms with Crippen molar-refractivity contribution in [1.82, 2.24) is 0 Å². The van der Waals surface area contributed by atoms with Crippen molar-refractivity contribution in [2.75, 3.05) is 0 Å². The molecule has 0 heterocycles. The molecule has 3 N–H and O–H groups in total. The number of ketones is 1. The van der Waals surface area contributed by atoms with E-state index in [4.69, 9.17) is 5.11 Å². The molecular formula is C20H32O5. The van der Waals surface area contributed by atoms with Crippen molar-refractivity contribution in [2.45, 2.75) is 76.9 Å². The number of hydrogen-bond donors (Lipinski definition) is 3. The summed E-state index contributed by atoms with van der Waals surface area (Å²) in [6.07, 6.45) is 12.1. The maximum absolute atomic E-state index is 12.1. The second-order valence-electron chi connectivity index (χ2n) is 6.86. The van der Waals surface area contributed by atoms with Crippen LogP contribution in [0.3, 0.4) is 0 Å². The normalized spacial score (nSPS) is 25.2. The fourth-order valence-corrected chi connectivity index (χ4v) is 3.22. The number of allylic oxidation sites excluding steroid dienone is 2. The number of carbonyl (C=O) groups excluding carboxylic acids is 1. The van der Waals surface area contributed by atoms with Gasteiger partial charge in [0.2, 0.25) is 0 Å². The molecule has 1 aliphatic carbocycles. The fraction of sp³-hybridized carbons (Fsp3) is 0.700. The summed E-state index contributed by atoms with van der Waals surface area (Å²) in [6, 6.07) is 0. The first-order valence-corrected chi connectivity index (χ1v) is 9.39.